The first-order valence-corrected chi connectivity index (χ1v) is 8.60. The van der Waals surface area contributed by atoms with Crippen LogP contribution in [0.3, 0.4) is 0 Å². The van der Waals surface area contributed by atoms with Gasteiger partial charge in [-0.2, -0.15) is 0 Å². The molecular formula is C16H27N5O3. The third kappa shape index (κ3) is 5.03. The number of likely N-dealkylation sites (tertiary alicyclic amines) is 1. The fourth-order valence-electron chi connectivity index (χ4n) is 3.51. The van der Waals surface area contributed by atoms with Crippen LogP contribution in [0, 0.1) is 5.92 Å². The molecule has 0 aromatic heterocycles. The van der Waals surface area contributed by atoms with Gasteiger partial charge in [0.25, 0.3) is 0 Å². The maximum absolute atomic E-state index is 12.4. The second kappa shape index (κ2) is 7.75. The summed E-state index contributed by atoms with van der Waals surface area (Å²) in [4.78, 5) is 29.1. The number of alkyl carbamates (subject to hydrolysis) is 1. The summed E-state index contributed by atoms with van der Waals surface area (Å²) >= 11 is 0. The molecule has 24 heavy (non-hydrogen) atoms. The number of azide groups is 1. The summed E-state index contributed by atoms with van der Waals surface area (Å²) in [5.41, 5.74) is 7.90. The van der Waals surface area contributed by atoms with Crippen molar-refractivity contribution >= 4 is 12.0 Å². The zero-order valence-corrected chi connectivity index (χ0v) is 14.7. The van der Waals surface area contributed by atoms with Gasteiger partial charge in [-0.3, -0.25) is 4.79 Å². The van der Waals surface area contributed by atoms with E-state index in [9.17, 15) is 9.59 Å². The topological polar surface area (TPSA) is 107 Å². The highest BCUT2D eigenvalue weighted by Crippen LogP contribution is 2.29. The van der Waals surface area contributed by atoms with Crippen molar-refractivity contribution in [1.29, 1.82) is 0 Å². The maximum atomic E-state index is 12.4. The van der Waals surface area contributed by atoms with E-state index in [-0.39, 0.29) is 23.9 Å². The summed E-state index contributed by atoms with van der Waals surface area (Å²) in [5, 5.41) is 6.53. The van der Waals surface area contributed by atoms with Crippen LogP contribution in [-0.2, 0) is 9.53 Å². The van der Waals surface area contributed by atoms with E-state index in [1.807, 2.05) is 25.7 Å². The van der Waals surface area contributed by atoms with Crippen LogP contribution in [0.25, 0.3) is 10.4 Å². The van der Waals surface area contributed by atoms with Gasteiger partial charge in [-0.15, -0.1) is 0 Å². The lowest BCUT2D eigenvalue weighted by molar-refractivity contribution is -0.130. The molecule has 2 rings (SSSR count). The number of rotatable bonds is 4. The molecular weight excluding hydrogens is 310 g/mol. The highest BCUT2D eigenvalue weighted by atomic mass is 16.6. The molecule has 0 radical (unpaired) electrons. The molecule has 0 spiro atoms. The summed E-state index contributed by atoms with van der Waals surface area (Å²) < 4.78 is 5.34. The third-order valence-corrected chi connectivity index (χ3v) is 4.47. The van der Waals surface area contributed by atoms with E-state index in [1.165, 1.54) is 0 Å². The molecule has 1 aliphatic heterocycles. The van der Waals surface area contributed by atoms with Gasteiger partial charge in [-0.25, -0.2) is 4.79 Å². The highest BCUT2D eigenvalue weighted by Gasteiger charge is 2.39. The SMILES string of the molecule is CC(C)(C)OC(=O)NC1CCCCC1N1CC(CN=[N+]=[N-])CC1=O. The Morgan fingerprint density at radius 2 is 2.12 bits per heavy atom. The highest BCUT2D eigenvalue weighted by molar-refractivity contribution is 5.79. The van der Waals surface area contributed by atoms with Crippen LogP contribution < -0.4 is 5.32 Å². The van der Waals surface area contributed by atoms with Crippen LogP contribution in [0.5, 0.6) is 0 Å². The van der Waals surface area contributed by atoms with Gasteiger partial charge in [0.2, 0.25) is 5.91 Å². The van der Waals surface area contributed by atoms with E-state index in [0.717, 1.165) is 25.7 Å². The van der Waals surface area contributed by atoms with Gasteiger partial charge in [0.1, 0.15) is 5.60 Å². The molecule has 1 N–H and O–H groups in total. The number of hydrogen-bond acceptors (Lipinski definition) is 4. The minimum Gasteiger partial charge on any atom is -0.444 e. The largest absolute Gasteiger partial charge is 0.444 e. The predicted molar refractivity (Wildman–Crippen MR) is 89.2 cm³/mol. The lowest BCUT2D eigenvalue weighted by Gasteiger charge is -2.38. The molecule has 8 nitrogen and oxygen atoms in total. The van der Waals surface area contributed by atoms with Crippen molar-refractivity contribution in [3.8, 4) is 0 Å². The Morgan fingerprint density at radius 1 is 1.42 bits per heavy atom. The Bertz CT molecular complexity index is 524. The molecule has 1 saturated carbocycles. The first-order chi connectivity index (χ1) is 11.3. The van der Waals surface area contributed by atoms with Crippen molar-refractivity contribution in [2.45, 2.75) is 70.6 Å². The number of amides is 2. The van der Waals surface area contributed by atoms with Crippen LogP contribution in [-0.4, -0.2) is 47.7 Å². The van der Waals surface area contributed by atoms with Gasteiger partial charge >= 0.3 is 6.09 Å². The van der Waals surface area contributed by atoms with Crippen LogP contribution in [0.15, 0.2) is 5.11 Å². The second-order valence-electron chi connectivity index (χ2n) is 7.63. The lowest BCUT2D eigenvalue weighted by atomic mass is 9.89. The van der Waals surface area contributed by atoms with Crippen LogP contribution >= 0.6 is 0 Å². The first kappa shape index (κ1) is 18.4. The fourth-order valence-corrected chi connectivity index (χ4v) is 3.51. The van der Waals surface area contributed by atoms with Crippen molar-refractivity contribution in [2.75, 3.05) is 13.1 Å². The van der Waals surface area contributed by atoms with E-state index < -0.39 is 11.7 Å². The zero-order valence-electron chi connectivity index (χ0n) is 14.7. The summed E-state index contributed by atoms with van der Waals surface area (Å²) in [6.07, 6.45) is 3.77. The Balaban J connectivity index is 1.99. The Hall–Kier alpha value is -1.95. The Labute approximate surface area is 142 Å². The molecule has 1 saturated heterocycles. The summed E-state index contributed by atoms with van der Waals surface area (Å²) in [6.45, 7) is 6.42. The van der Waals surface area contributed by atoms with E-state index >= 15 is 0 Å². The molecule has 3 unspecified atom stereocenters. The van der Waals surface area contributed by atoms with E-state index in [1.54, 1.807) is 0 Å². The fraction of sp³-hybridized carbons (Fsp3) is 0.875. The van der Waals surface area contributed by atoms with E-state index in [0.29, 0.717) is 19.5 Å². The number of ether oxygens (including phenoxy) is 1. The predicted octanol–water partition coefficient (Wildman–Crippen LogP) is 2.98. The van der Waals surface area contributed by atoms with Gasteiger partial charge in [0, 0.05) is 24.4 Å². The van der Waals surface area contributed by atoms with Gasteiger partial charge in [-0.1, -0.05) is 18.0 Å². The number of carbonyl (C=O) groups is 2. The number of hydrogen-bond donors (Lipinski definition) is 1. The van der Waals surface area contributed by atoms with Gasteiger partial charge in [0.05, 0.1) is 12.1 Å². The monoisotopic (exact) mass is 337 g/mol. The van der Waals surface area contributed by atoms with Crippen molar-refractivity contribution < 1.29 is 14.3 Å². The molecule has 0 aromatic rings. The zero-order chi connectivity index (χ0) is 17.7. The second-order valence-corrected chi connectivity index (χ2v) is 7.63. The number of nitrogens with one attached hydrogen (secondary N) is 1. The molecule has 1 heterocycles. The molecule has 134 valence electrons. The van der Waals surface area contributed by atoms with Crippen LogP contribution in [0.4, 0.5) is 4.79 Å². The van der Waals surface area contributed by atoms with Gasteiger partial charge < -0.3 is 15.0 Å². The van der Waals surface area contributed by atoms with Crippen molar-refractivity contribution in [3.05, 3.63) is 10.4 Å². The minimum absolute atomic E-state index is 0.00478. The summed E-state index contributed by atoms with van der Waals surface area (Å²) in [7, 11) is 0. The number of carbonyl (C=O) groups excluding carboxylic acids is 2. The number of nitrogens with zero attached hydrogens (tertiary/aromatic N) is 4. The van der Waals surface area contributed by atoms with Crippen LogP contribution in [0.2, 0.25) is 0 Å². The summed E-state index contributed by atoms with van der Waals surface area (Å²) in [5.74, 6) is 0.147. The average Bonchev–Trinajstić information content (AvgIpc) is 2.84. The van der Waals surface area contributed by atoms with E-state index in [2.05, 4.69) is 15.3 Å². The van der Waals surface area contributed by atoms with Crippen molar-refractivity contribution in [3.63, 3.8) is 0 Å². The first-order valence-electron chi connectivity index (χ1n) is 8.60. The summed E-state index contributed by atoms with van der Waals surface area (Å²) in [6, 6.07) is -0.0920. The quantitative estimate of drug-likeness (QED) is 0.484. The third-order valence-electron chi connectivity index (χ3n) is 4.47. The van der Waals surface area contributed by atoms with Crippen LogP contribution in [0.1, 0.15) is 52.9 Å². The molecule has 2 aliphatic rings. The molecule has 0 bridgehead atoms. The molecule has 2 amide bonds. The smallest absolute Gasteiger partial charge is 0.407 e. The minimum atomic E-state index is -0.544. The average molecular weight is 337 g/mol. The van der Waals surface area contributed by atoms with Gasteiger partial charge in [-0.05, 0) is 45.1 Å². The standard InChI is InChI=1S/C16H27N5O3/c1-16(2,3)24-15(23)19-12-6-4-5-7-13(12)21-10-11(8-14(21)22)9-18-20-17/h11-13H,4-10H2,1-3H3,(H,19,23). The molecule has 1 aliphatic carbocycles. The molecule has 3 atom stereocenters. The van der Waals surface area contributed by atoms with Gasteiger partial charge in [0.15, 0.2) is 0 Å². The van der Waals surface area contributed by atoms with E-state index in [4.69, 9.17) is 10.3 Å². The van der Waals surface area contributed by atoms with Crippen molar-refractivity contribution in [1.82, 2.24) is 10.2 Å². The Kier molecular flexibility index (Phi) is 5.94. The van der Waals surface area contributed by atoms with Crippen molar-refractivity contribution in [2.24, 2.45) is 11.0 Å². The lowest BCUT2D eigenvalue weighted by Crippen LogP contribution is -2.54. The Morgan fingerprint density at radius 3 is 2.79 bits per heavy atom. The molecule has 8 heteroatoms. The maximum Gasteiger partial charge on any atom is 0.407 e. The molecule has 0 aromatic carbocycles. The normalized spacial score (nSPS) is 27.5. The molecule has 2 fully saturated rings.